The lowest BCUT2D eigenvalue weighted by Gasteiger charge is -2.27. The number of hydrogen-bond acceptors (Lipinski definition) is 4. The van der Waals surface area contributed by atoms with Crippen molar-refractivity contribution in [2.24, 2.45) is 0 Å². The van der Waals surface area contributed by atoms with Crippen molar-refractivity contribution in [2.75, 3.05) is 6.54 Å². The van der Waals surface area contributed by atoms with Gasteiger partial charge in [0.1, 0.15) is 17.1 Å². The fraction of sp³-hybridized carbons (Fsp3) is 0.529. The number of furan rings is 1. The molecule has 128 valence electrons. The zero-order valence-corrected chi connectivity index (χ0v) is 14.6. The molecule has 6 heteroatoms. The number of amides is 2. The molecule has 2 N–H and O–H groups in total. The highest BCUT2D eigenvalue weighted by molar-refractivity contribution is 5.91. The van der Waals surface area contributed by atoms with Gasteiger partial charge in [0, 0.05) is 12.6 Å². The fourth-order valence-corrected chi connectivity index (χ4v) is 1.73. The van der Waals surface area contributed by atoms with E-state index < -0.39 is 17.2 Å². The minimum atomic E-state index is -0.614. The van der Waals surface area contributed by atoms with Crippen molar-refractivity contribution in [3.63, 3.8) is 0 Å². The first-order valence-corrected chi connectivity index (χ1v) is 7.50. The highest BCUT2D eigenvalue weighted by Crippen LogP contribution is 2.09. The number of rotatable bonds is 5. The van der Waals surface area contributed by atoms with Crippen molar-refractivity contribution in [1.29, 1.82) is 0 Å². The highest BCUT2D eigenvalue weighted by Gasteiger charge is 2.22. The summed E-state index contributed by atoms with van der Waals surface area (Å²) in [6.07, 6.45) is 2.48. The van der Waals surface area contributed by atoms with Crippen LogP contribution in [-0.2, 0) is 9.53 Å². The molecule has 1 heterocycles. The number of nitrogens with one attached hydrogen (secondary N) is 2. The lowest BCUT2D eigenvalue weighted by Crippen LogP contribution is -2.51. The first-order valence-electron chi connectivity index (χ1n) is 7.50. The summed E-state index contributed by atoms with van der Waals surface area (Å²) in [5.41, 5.74) is -1.17. The maximum Gasteiger partial charge on any atom is 0.407 e. The van der Waals surface area contributed by atoms with Gasteiger partial charge in [0.15, 0.2) is 0 Å². The minimum Gasteiger partial charge on any atom is -0.462 e. The van der Waals surface area contributed by atoms with Crippen molar-refractivity contribution in [3.05, 3.63) is 29.7 Å². The molecule has 1 aromatic rings. The third-order valence-electron chi connectivity index (χ3n) is 2.70. The summed E-state index contributed by atoms with van der Waals surface area (Å²) in [5, 5.41) is 5.46. The van der Waals surface area contributed by atoms with Crippen LogP contribution in [0.4, 0.5) is 4.79 Å². The largest absolute Gasteiger partial charge is 0.462 e. The van der Waals surface area contributed by atoms with Crippen LogP contribution in [0.5, 0.6) is 0 Å². The Labute approximate surface area is 137 Å². The van der Waals surface area contributed by atoms with Gasteiger partial charge >= 0.3 is 6.09 Å². The number of ether oxygens (including phenoxy) is 1. The third-order valence-corrected chi connectivity index (χ3v) is 2.70. The molecule has 0 atom stereocenters. The molecule has 0 unspecified atom stereocenters. The van der Waals surface area contributed by atoms with Crippen LogP contribution in [0.3, 0.4) is 0 Å². The van der Waals surface area contributed by atoms with Crippen molar-refractivity contribution < 1.29 is 18.7 Å². The van der Waals surface area contributed by atoms with Gasteiger partial charge in [-0.15, -0.1) is 0 Å². The molecule has 0 aliphatic rings. The van der Waals surface area contributed by atoms with Gasteiger partial charge in [0.25, 0.3) is 0 Å². The molecule has 23 heavy (non-hydrogen) atoms. The second kappa shape index (κ2) is 7.35. The second-order valence-electron chi connectivity index (χ2n) is 7.01. The van der Waals surface area contributed by atoms with Gasteiger partial charge in [0.2, 0.25) is 5.91 Å². The van der Waals surface area contributed by atoms with Crippen LogP contribution in [0.1, 0.15) is 46.1 Å². The molecule has 0 radical (unpaired) electrons. The Kier molecular flexibility index (Phi) is 6.01. The van der Waals surface area contributed by atoms with Crippen molar-refractivity contribution >= 4 is 18.1 Å². The number of carbonyl (C=O) groups is 2. The van der Waals surface area contributed by atoms with E-state index in [1.54, 1.807) is 32.9 Å². The number of carbonyl (C=O) groups excluding carboxylic acids is 2. The Hall–Kier alpha value is -2.24. The summed E-state index contributed by atoms with van der Waals surface area (Å²) in [6.45, 7) is 11.1. The Bertz CT molecular complexity index is 580. The van der Waals surface area contributed by atoms with Gasteiger partial charge in [-0.1, -0.05) is 0 Å². The Morgan fingerprint density at radius 1 is 1.22 bits per heavy atom. The number of aryl methyl sites for hydroxylation is 1. The topological polar surface area (TPSA) is 80.6 Å². The second-order valence-corrected chi connectivity index (χ2v) is 7.01. The van der Waals surface area contributed by atoms with Gasteiger partial charge < -0.3 is 19.8 Å². The van der Waals surface area contributed by atoms with Gasteiger partial charge in [-0.05, 0) is 59.8 Å². The van der Waals surface area contributed by atoms with E-state index in [0.717, 1.165) is 5.76 Å². The lowest BCUT2D eigenvalue weighted by atomic mass is 10.1. The van der Waals surface area contributed by atoms with Crippen molar-refractivity contribution in [3.8, 4) is 0 Å². The molecule has 0 aliphatic carbocycles. The van der Waals surface area contributed by atoms with Crippen molar-refractivity contribution in [1.82, 2.24) is 10.6 Å². The monoisotopic (exact) mass is 322 g/mol. The molecular weight excluding hydrogens is 296 g/mol. The van der Waals surface area contributed by atoms with E-state index >= 15 is 0 Å². The van der Waals surface area contributed by atoms with E-state index in [2.05, 4.69) is 10.6 Å². The summed E-state index contributed by atoms with van der Waals surface area (Å²) in [5.74, 6) is 1.13. The van der Waals surface area contributed by atoms with Crippen LogP contribution < -0.4 is 10.6 Å². The summed E-state index contributed by atoms with van der Waals surface area (Å²) >= 11 is 0. The molecular formula is C17H26N2O4. The Morgan fingerprint density at radius 2 is 1.87 bits per heavy atom. The van der Waals surface area contributed by atoms with Crippen LogP contribution in [0.2, 0.25) is 0 Å². The minimum absolute atomic E-state index is 0.251. The van der Waals surface area contributed by atoms with E-state index in [0.29, 0.717) is 5.76 Å². The van der Waals surface area contributed by atoms with Crippen LogP contribution in [0, 0.1) is 6.92 Å². The van der Waals surface area contributed by atoms with E-state index in [-0.39, 0.29) is 12.5 Å². The van der Waals surface area contributed by atoms with Gasteiger partial charge in [-0.2, -0.15) is 0 Å². The van der Waals surface area contributed by atoms with E-state index in [9.17, 15) is 9.59 Å². The summed E-state index contributed by atoms with van der Waals surface area (Å²) in [4.78, 5) is 23.6. The molecule has 2 amide bonds. The number of alkyl carbamates (subject to hydrolysis) is 1. The molecule has 1 rings (SSSR count). The summed E-state index contributed by atoms with van der Waals surface area (Å²) < 4.78 is 10.5. The maximum absolute atomic E-state index is 11.9. The average molecular weight is 322 g/mol. The normalized spacial score (nSPS) is 12.3. The standard InChI is InChI=1S/C17H26N2O4/c1-12-7-8-13(22-12)9-10-14(20)19-17(5,6)11-18-15(21)23-16(2,3)4/h7-10H,11H2,1-6H3,(H,18,21)(H,19,20). The molecule has 1 aromatic heterocycles. The first-order chi connectivity index (χ1) is 10.5. The quantitative estimate of drug-likeness (QED) is 0.817. The predicted octanol–water partition coefficient (Wildman–Crippen LogP) is 3.02. The van der Waals surface area contributed by atoms with Crippen LogP contribution in [0.15, 0.2) is 22.6 Å². The zero-order valence-electron chi connectivity index (χ0n) is 14.6. The van der Waals surface area contributed by atoms with Gasteiger partial charge in [-0.3, -0.25) is 4.79 Å². The molecule has 0 saturated heterocycles. The molecule has 0 spiro atoms. The van der Waals surface area contributed by atoms with Crippen LogP contribution >= 0.6 is 0 Å². The first kappa shape index (κ1) is 18.8. The molecule has 0 bridgehead atoms. The highest BCUT2D eigenvalue weighted by atomic mass is 16.6. The smallest absolute Gasteiger partial charge is 0.407 e. The average Bonchev–Trinajstić information content (AvgIpc) is 2.78. The van der Waals surface area contributed by atoms with E-state index in [1.807, 2.05) is 26.8 Å². The van der Waals surface area contributed by atoms with Crippen LogP contribution in [0.25, 0.3) is 6.08 Å². The van der Waals surface area contributed by atoms with Crippen molar-refractivity contribution in [2.45, 2.75) is 52.7 Å². The Morgan fingerprint density at radius 3 is 2.39 bits per heavy atom. The molecule has 6 nitrogen and oxygen atoms in total. The van der Waals surface area contributed by atoms with E-state index in [1.165, 1.54) is 6.08 Å². The maximum atomic E-state index is 11.9. The summed E-state index contributed by atoms with van der Waals surface area (Å²) in [6, 6.07) is 3.61. The molecule has 0 aromatic carbocycles. The van der Waals surface area contributed by atoms with Gasteiger partial charge in [0.05, 0.1) is 5.54 Å². The molecule has 0 fully saturated rings. The van der Waals surface area contributed by atoms with Gasteiger partial charge in [-0.25, -0.2) is 4.79 Å². The number of hydrogen-bond donors (Lipinski definition) is 2. The van der Waals surface area contributed by atoms with Crippen LogP contribution in [-0.4, -0.2) is 29.7 Å². The predicted molar refractivity (Wildman–Crippen MR) is 88.9 cm³/mol. The van der Waals surface area contributed by atoms with E-state index in [4.69, 9.17) is 9.15 Å². The fourth-order valence-electron chi connectivity index (χ4n) is 1.73. The lowest BCUT2D eigenvalue weighted by molar-refractivity contribution is -0.117. The Balaban J connectivity index is 2.46. The third kappa shape index (κ3) is 8.09. The molecule has 0 aliphatic heterocycles. The molecule has 0 saturated carbocycles. The SMILES string of the molecule is Cc1ccc(C=CC(=O)NC(C)(C)CNC(=O)OC(C)(C)C)o1. The zero-order chi connectivity index (χ0) is 17.7. The summed E-state index contributed by atoms with van der Waals surface area (Å²) in [7, 11) is 0.